The number of sulfone groups is 1. The zero-order valence-corrected chi connectivity index (χ0v) is 12.6. The fourth-order valence-electron chi connectivity index (χ4n) is 1.81. The number of hydrogen-bond donors (Lipinski definition) is 0. The van der Waals surface area contributed by atoms with Gasteiger partial charge in [0, 0.05) is 17.0 Å². The summed E-state index contributed by atoms with van der Waals surface area (Å²) in [5.41, 5.74) is 0.665. The molecule has 0 atom stereocenters. The van der Waals surface area contributed by atoms with Crippen LogP contribution in [-0.2, 0) is 9.84 Å². The summed E-state index contributed by atoms with van der Waals surface area (Å²) in [6, 6.07) is 13.5. The van der Waals surface area contributed by atoms with Gasteiger partial charge in [0.1, 0.15) is 11.5 Å². The van der Waals surface area contributed by atoms with E-state index >= 15 is 0 Å². The summed E-state index contributed by atoms with van der Waals surface area (Å²) in [6.45, 7) is 0. The highest BCUT2D eigenvalue weighted by Gasteiger charge is 2.10. The SMILES string of the molecule is COc1ccc(/C=C/S(=O)(=O)c2ccccc2)c(OC)c1. The average Bonchev–Trinajstić information content (AvgIpc) is 2.53. The second-order valence-electron chi connectivity index (χ2n) is 4.27. The molecule has 0 heterocycles. The molecule has 0 saturated heterocycles. The zero-order chi connectivity index (χ0) is 15.3. The lowest BCUT2D eigenvalue weighted by Gasteiger charge is -2.07. The summed E-state index contributed by atoms with van der Waals surface area (Å²) in [6.07, 6.45) is 1.51. The first-order valence-electron chi connectivity index (χ1n) is 6.27. The molecule has 2 aromatic carbocycles. The maximum Gasteiger partial charge on any atom is 0.199 e. The fraction of sp³-hybridized carbons (Fsp3) is 0.125. The average molecular weight is 304 g/mol. The second-order valence-corrected chi connectivity index (χ2v) is 6.10. The van der Waals surface area contributed by atoms with Crippen LogP contribution in [0.3, 0.4) is 0 Å². The van der Waals surface area contributed by atoms with E-state index in [2.05, 4.69) is 0 Å². The van der Waals surface area contributed by atoms with Crippen LogP contribution in [0.1, 0.15) is 5.56 Å². The predicted molar refractivity (Wildman–Crippen MR) is 82.2 cm³/mol. The van der Waals surface area contributed by atoms with Crippen LogP contribution in [0.4, 0.5) is 0 Å². The Bertz CT molecular complexity index is 734. The standard InChI is InChI=1S/C16H16O4S/c1-19-14-9-8-13(16(12-14)20-2)10-11-21(17,18)15-6-4-3-5-7-15/h3-12H,1-2H3/b11-10+. The van der Waals surface area contributed by atoms with Gasteiger partial charge >= 0.3 is 0 Å². The van der Waals surface area contributed by atoms with Crippen LogP contribution >= 0.6 is 0 Å². The second kappa shape index (κ2) is 6.45. The zero-order valence-electron chi connectivity index (χ0n) is 11.8. The van der Waals surface area contributed by atoms with Crippen molar-refractivity contribution in [2.45, 2.75) is 4.90 Å². The van der Waals surface area contributed by atoms with Crippen molar-refractivity contribution in [2.24, 2.45) is 0 Å². The summed E-state index contributed by atoms with van der Waals surface area (Å²) < 4.78 is 34.7. The molecule has 2 rings (SSSR count). The van der Waals surface area contributed by atoms with Gasteiger partial charge in [-0.2, -0.15) is 0 Å². The molecule has 0 aliphatic carbocycles. The van der Waals surface area contributed by atoms with Gasteiger partial charge in [0.05, 0.1) is 19.1 Å². The largest absolute Gasteiger partial charge is 0.497 e. The Morgan fingerprint density at radius 1 is 0.952 bits per heavy atom. The molecule has 0 N–H and O–H groups in total. The van der Waals surface area contributed by atoms with E-state index in [1.165, 1.54) is 18.6 Å². The molecule has 5 heteroatoms. The van der Waals surface area contributed by atoms with Gasteiger partial charge in [0.2, 0.25) is 0 Å². The van der Waals surface area contributed by atoms with E-state index in [-0.39, 0.29) is 4.90 Å². The smallest absolute Gasteiger partial charge is 0.199 e. The first kappa shape index (κ1) is 15.1. The van der Waals surface area contributed by atoms with Crippen molar-refractivity contribution < 1.29 is 17.9 Å². The molecule has 0 amide bonds. The van der Waals surface area contributed by atoms with Crippen molar-refractivity contribution in [1.29, 1.82) is 0 Å². The minimum absolute atomic E-state index is 0.258. The molecule has 0 aliphatic rings. The van der Waals surface area contributed by atoms with Crippen LogP contribution in [0.5, 0.6) is 11.5 Å². The maximum absolute atomic E-state index is 12.2. The number of ether oxygens (including phenoxy) is 2. The molecule has 0 unspecified atom stereocenters. The lowest BCUT2D eigenvalue weighted by atomic mass is 10.2. The number of rotatable bonds is 5. The van der Waals surface area contributed by atoms with E-state index in [4.69, 9.17) is 9.47 Å². The van der Waals surface area contributed by atoms with Crippen molar-refractivity contribution in [3.8, 4) is 11.5 Å². The molecular formula is C16H16O4S. The highest BCUT2D eigenvalue weighted by atomic mass is 32.2. The number of benzene rings is 2. The highest BCUT2D eigenvalue weighted by molar-refractivity contribution is 7.94. The van der Waals surface area contributed by atoms with Crippen LogP contribution in [-0.4, -0.2) is 22.6 Å². The van der Waals surface area contributed by atoms with Gasteiger partial charge in [-0.15, -0.1) is 0 Å². The summed E-state index contributed by atoms with van der Waals surface area (Å²) in [5, 5.41) is 1.17. The molecule has 110 valence electrons. The Labute approximate surface area is 124 Å². The molecule has 0 aliphatic heterocycles. The summed E-state index contributed by atoms with van der Waals surface area (Å²) in [4.78, 5) is 0.258. The maximum atomic E-state index is 12.2. The normalized spacial score (nSPS) is 11.5. The molecule has 2 aromatic rings. The van der Waals surface area contributed by atoms with Gasteiger partial charge in [0.25, 0.3) is 0 Å². The number of methoxy groups -OCH3 is 2. The third-order valence-corrected chi connectivity index (χ3v) is 4.36. The van der Waals surface area contributed by atoms with E-state index in [1.807, 2.05) is 0 Å². The first-order valence-corrected chi connectivity index (χ1v) is 7.81. The highest BCUT2D eigenvalue weighted by Crippen LogP contribution is 2.26. The van der Waals surface area contributed by atoms with Gasteiger partial charge in [-0.25, -0.2) is 8.42 Å². The Hall–Kier alpha value is -2.27. The quantitative estimate of drug-likeness (QED) is 0.851. The molecule has 0 spiro atoms. The third-order valence-electron chi connectivity index (χ3n) is 2.94. The van der Waals surface area contributed by atoms with Gasteiger partial charge in [0.15, 0.2) is 9.84 Å². The molecule has 0 saturated carbocycles. The Balaban J connectivity index is 2.33. The fourth-order valence-corrected chi connectivity index (χ4v) is 2.83. The number of hydrogen-bond acceptors (Lipinski definition) is 4. The monoisotopic (exact) mass is 304 g/mol. The van der Waals surface area contributed by atoms with Crippen molar-refractivity contribution >= 4 is 15.9 Å². The summed E-state index contributed by atoms with van der Waals surface area (Å²) in [7, 11) is -0.381. The molecule has 0 bridgehead atoms. The van der Waals surface area contributed by atoms with E-state index in [1.54, 1.807) is 55.6 Å². The topological polar surface area (TPSA) is 52.6 Å². The minimum atomic E-state index is -3.47. The van der Waals surface area contributed by atoms with E-state index in [0.29, 0.717) is 17.1 Å². The molecular weight excluding hydrogens is 288 g/mol. The van der Waals surface area contributed by atoms with E-state index in [9.17, 15) is 8.42 Å². The Morgan fingerprint density at radius 3 is 2.29 bits per heavy atom. The van der Waals surface area contributed by atoms with Crippen LogP contribution < -0.4 is 9.47 Å². The van der Waals surface area contributed by atoms with Crippen LogP contribution in [0.25, 0.3) is 6.08 Å². The molecule has 0 fully saturated rings. The van der Waals surface area contributed by atoms with Crippen molar-refractivity contribution in [3.05, 3.63) is 59.5 Å². The van der Waals surface area contributed by atoms with Gasteiger partial charge in [-0.3, -0.25) is 0 Å². The van der Waals surface area contributed by atoms with Crippen LogP contribution in [0.2, 0.25) is 0 Å². The Morgan fingerprint density at radius 2 is 1.67 bits per heavy atom. The molecule has 21 heavy (non-hydrogen) atoms. The van der Waals surface area contributed by atoms with E-state index < -0.39 is 9.84 Å². The predicted octanol–water partition coefficient (Wildman–Crippen LogP) is 3.15. The first-order chi connectivity index (χ1) is 10.1. The molecule has 4 nitrogen and oxygen atoms in total. The lowest BCUT2D eigenvalue weighted by molar-refractivity contribution is 0.394. The van der Waals surface area contributed by atoms with Gasteiger partial charge in [-0.05, 0) is 30.3 Å². The van der Waals surface area contributed by atoms with Crippen molar-refractivity contribution in [3.63, 3.8) is 0 Å². The van der Waals surface area contributed by atoms with Crippen LogP contribution in [0, 0.1) is 0 Å². The third kappa shape index (κ3) is 3.64. The summed E-state index contributed by atoms with van der Waals surface area (Å²) in [5.74, 6) is 1.20. The van der Waals surface area contributed by atoms with Crippen molar-refractivity contribution in [2.75, 3.05) is 14.2 Å². The summed E-state index contributed by atoms with van der Waals surface area (Å²) >= 11 is 0. The molecule has 0 radical (unpaired) electrons. The minimum Gasteiger partial charge on any atom is -0.497 e. The van der Waals surface area contributed by atoms with E-state index in [0.717, 1.165) is 0 Å². The van der Waals surface area contributed by atoms with Gasteiger partial charge < -0.3 is 9.47 Å². The van der Waals surface area contributed by atoms with Crippen molar-refractivity contribution in [1.82, 2.24) is 0 Å². The Kier molecular flexibility index (Phi) is 4.65. The lowest BCUT2D eigenvalue weighted by Crippen LogP contribution is -1.96. The van der Waals surface area contributed by atoms with Gasteiger partial charge in [-0.1, -0.05) is 18.2 Å². The molecule has 0 aromatic heterocycles. The van der Waals surface area contributed by atoms with Crippen LogP contribution in [0.15, 0.2) is 58.8 Å².